The van der Waals surface area contributed by atoms with Crippen molar-refractivity contribution < 1.29 is 13.2 Å². The zero-order chi connectivity index (χ0) is 17.3. The average Bonchev–Trinajstić information content (AvgIpc) is 2.60. The smallest absolute Gasteiger partial charge is 0.245 e. The standard InChI is InChI=1S/C17H21N3O3S/c1-3-16(21)19-7-9-20(10-8-19)24(22,23)15-6-4-5-14-11-13(2)12-18-17(14)15/h4-6,11-12H,3,7-10H2,1-2H3. The number of para-hydroxylation sites is 1. The molecule has 128 valence electrons. The van der Waals surface area contributed by atoms with Gasteiger partial charge in [-0.15, -0.1) is 0 Å². The fraction of sp³-hybridized carbons (Fsp3) is 0.412. The average molecular weight is 347 g/mol. The molecule has 1 fully saturated rings. The molecule has 0 N–H and O–H groups in total. The number of sulfonamides is 1. The van der Waals surface area contributed by atoms with Gasteiger partial charge in [-0.2, -0.15) is 4.31 Å². The van der Waals surface area contributed by atoms with E-state index in [1.807, 2.05) is 26.0 Å². The minimum Gasteiger partial charge on any atom is -0.340 e. The summed E-state index contributed by atoms with van der Waals surface area (Å²) in [6, 6.07) is 7.14. The van der Waals surface area contributed by atoms with Crippen LogP contribution < -0.4 is 0 Å². The van der Waals surface area contributed by atoms with E-state index in [1.54, 1.807) is 23.2 Å². The topological polar surface area (TPSA) is 70.6 Å². The van der Waals surface area contributed by atoms with Gasteiger partial charge in [0.25, 0.3) is 0 Å². The molecule has 0 aliphatic carbocycles. The van der Waals surface area contributed by atoms with E-state index in [0.717, 1.165) is 10.9 Å². The minimum absolute atomic E-state index is 0.0642. The largest absolute Gasteiger partial charge is 0.340 e. The molecule has 6 nitrogen and oxygen atoms in total. The third kappa shape index (κ3) is 3.01. The van der Waals surface area contributed by atoms with Gasteiger partial charge in [0.15, 0.2) is 0 Å². The Balaban J connectivity index is 1.91. The van der Waals surface area contributed by atoms with E-state index >= 15 is 0 Å². The van der Waals surface area contributed by atoms with E-state index in [2.05, 4.69) is 4.98 Å². The molecule has 1 saturated heterocycles. The summed E-state index contributed by atoms with van der Waals surface area (Å²) >= 11 is 0. The number of benzene rings is 1. The number of piperazine rings is 1. The highest BCUT2D eigenvalue weighted by Gasteiger charge is 2.31. The number of aromatic nitrogens is 1. The van der Waals surface area contributed by atoms with Crippen molar-refractivity contribution >= 4 is 26.8 Å². The molecule has 0 spiro atoms. The molecule has 24 heavy (non-hydrogen) atoms. The van der Waals surface area contributed by atoms with Gasteiger partial charge in [-0.1, -0.05) is 19.1 Å². The number of carbonyl (C=O) groups excluding carboxylic acids is 1. The zero-order valence-electron chi connectivity index (χ0n) is 13.9. The molecule has 1 aromatic carbocycles. The number of hydrogen-bond acceptors (Lipinski definition) is 4. The summed E-state index contributed by atoms with van der Waals surface area (Å²) in [4.78, 5) is 18.0. The Morgan fingerprint density at radius 2 is 1.92 bits per heavy atom. The van der Waals surface area contributed by atoms with Crippen LogP contribution in [0.1, 0.15) is 18.9 Å². The van der Waals surface area contributed by atoms with Crippen molar-refractivity contribution in [1.82, 2.24) is 14.2 Å². The predicted octanol–water partition coefficient (Wildman–Crippen LogP) is 1.79. The monoisotopic (exact) mass is 347 g/mol. The summed E-state index contributed by atoms with van der Waals surface area (Å²) in [7, 11) is -3.62. The lowest BCUT2D eigenvalue weighted by atomic mass is 10.2. The third-order valence-corrected chi connectivity index (χ3v) is 6.25. The highest BCUT2D eigenvalue weighted by atomic mass is 32.2. The maximum atomic E-state index is 13.0. The quantitative estimate of drug-likeness (QED) is 0.849. The molecule has 0 unspecified atom stereocenters. The second-order valence-electron chi connectivity index (χ2n) is 5.98. The van der Waals surface area contributed by atoms with Gasteiger partial charge < -0.3 is 4.90 Å². The second-order valence-corrected chi connectivity index (χ2v) is 7.89. The Hall–Kier alpha value is -1.99. The van der Waals surface area contributed by atoms with Crippen LogP contribution in [0.15, 0.2) is 35.4 Å². The maximum absolute atomic E-state index is 13.0. The Labute approximate surface area is 142 Å². The van der Waals surface area contributed by atoms with Crippen molar-refractivity contribution in [2.75, 3.05) is 26.2 Å². The predicted molar refractivity (Wildman–Crippen MR) is 92.1 cm³/mol. The van der Waals surface area contributed by atoms with E-state index in [0.29, 0.717) is 38.1 Å². The van der Waals surface area contributed by atoms with Crippen LogP contribution in [-0.2, 0) is 14.8 Å². The van der Waals surface area contributed by atoms with E-state index in [1.165, 1.54) is 4.31 Å². The van der Waals surface area contributed by atoms with Gasteiger partial charge in [0.05, 0.1) is 5.52 Å². The molecule has 0 atom stereocenters. The van der Waals surface area contributed by atoms with Gasteiger partial charge in [0.2, 0.25) is 15.9 Å². The first-order valence-electron chi connectivity index (χ1n) is 8.07. The van der Waals surface area contributed by atoms with Crippen molar-refractivity contribution in [2.24, 2.45) is 0 Å². The Morgan fingerprint density at radius 1 is 1.21 bits per heavy atom. The highest BCUT2D eigenvalue weighted by molar-refractivity contribution is 7.89. The van der Waals surface area contributed by atoms with Crippen molar-refractivity contribution in [3.05, 3.63) is 36.0 Å². The first-order valence-corrected chi connectivity index (χ1v) is 9.51. The van der Waals surface area contributed by atoms with E-state index in [-0.39, 0.29) is 10.8 Å². The minimum atomic E-state index is -3.62. The van der Waals surface area contributed by atoms with E-state index in [9.17, 15) is 13.2 Å². The highest BCUT2D eigenvalue weighted by Crippen LogP contribution is 2.25. The van der Waals surface area contributed by atoms with E-state index in [4.69, 9.17) is 0 Å². The Kier molecular flexibility index (Phi) is 4.56. The first kappa shape index (κ1) is 16.9. The van der Waals surface area contributed by atoms with Crippen LogP contribution in [0.2, 0.25) is 0 Å². The zero-order valence-corrected chi connectivity index (χ0v) is 14.7. The molecule has 0 bridgehead atoms. The van der Waals surface area contributed by atoms with Gasteiger partial charge >= 0.3 is 0 Å². The van der Waals surface area contributed by atoms with Gasteiger partial charge in [-0.25, -0.2) is 8.42 Å². The molecule has 1 amide bonds. The number of nitrogens with zero attached hydrogens (tertiary/aromatic N) is 3. The Morgan fingerprint density at radius 3 is 2.58 bits per heavy atom. The molecule has 0 radical (unpaired) electrons. The number of pyridine rings is 1. The SMILES string of the molecule is CCC(=O)N1CCN(S(=O)(=O)c2cccc3cc(C)cnc23)CC1. The number of amides is 1. The lowest BCUT2D eigenvalue weighted by molar-refractivity contribution is -0.132. The van der Waals surface area contributed by atoms with Crippen LogP contribution in [-0.4, -0.2) is 54.7 Å². The van der Waals surface area contributed by atoms with Crippen LogP contribution in [0, 0.1) is 6.92 Å². The summed E-state index contributed by atoms with van der Waals surface area (Å²) in [5.74, 6) is 0.0642. The number of carbonyl (C=O) groups is 1. The summed E-state index contributed by atoms with van der Waals surface area (Å²) in [6.45, 7) is 5.24. The van der Waals surface area contributed by atoms with Crippen LogP contribution in [0.3, 0.4) is 0 Å². The lowest BCUT2D eigenvalue weighted by Crippen LogP contribution is -2.50. The van der Waals surface area contributed by atoms with Crippen molar-refractivity contribution in [3.8, 4) is 0 Å². The molecule has 2 aromatic rings. The summed E-state index contributed by atoms with van der Waals surface area (Å²) in [5, 5.41) is 0.816. The molecule has 2 heterocycles. The summed E-state index contributed by atoms with van der Waals surface area (Å²) in [5.41, 5.74) is 1.49. The number of aryl methyl sites for hydroxylation is 1. The second kappa shape index (κ2) is 6.49. The number of rotatable bonds is 3. The number of fused-ring (bicyclic) bond motifs is 1. The van der Waals surface area contributed by atoms with Gasteiger partial charge in [-0.05, 0) is 24.6 Å². The molecule has 1 aromatic heterocycles. The summed E-state index contributed by atoms with van der Waals surface area (Å²) < 4.78 is 27.5. The normalized spacial score (nSPS) is 16.5. The van der Waals surface area contributed by atoms with Gasteiger partial charge in [-0.3, -0.25) is 9.78 Å². The van der Waals surface area contributed by atoms with Gasteiger partial charge in [0.1, 0.15) is 4.90 Å². The Bertz CT molecular complexity index is 872. The third-order valence-electron chi connectivity index (χ3n) is 4.32. The van der Waals surface area contributed by atoms with Crippen molar-refractivity contribution in [3.63, 3.8) is 0 Å². The molecular formula is C17H21N3O3S. The van der Waals surface area contributed by atoms with E-state index < -0.39 is 10.0 Å². The molecule has 0 saturated carbocycles. The first-order chi connectivity index (χ1) is 11.4. The van der Waals surface area contributed by atoms with Crippen molar-refractivity contribution in [1.29, 1.82) is 0 Å². The molecule has 3 rings (SSSR count). The van der Waals surface area contributed by atoms with Crippen LogP contribution in [0.5, 0.6) is 0 Å². The van der Waals surface area contributed by atoms with Crippen LogP contribution in [0.25, 0.3) is 10.9 Å². The van der Waals surface area contributed by atoms with Crippen LogP contribution >= 0.6 is 0 Å². The fourth-order valence-corrected chi connectivity index (χ4v) is 4.58. The molecule has 7 heteroatoms. The lowest BCUT2D eigenvalue weighted by Gasteiger charge is -2.34. The molecular weight excluding hydrogens is 326 g/mol. The van der Waals surface area contributed by atoms with Crippen molar-refractivity contribution in [2.45, 2.75) is 25.2 Å². The molecule has 1 aliphatic rings. The fourth-order valence-electron chi connectivity index (χ4n) is 2.99. The van der Waals surface area contributed by atoms with Crippen LogP contribution in [0.4, 0.5) is 0 Å². The molecule has 1 aliphatic heterocycles. The maximum Gasteiger partial charge on any atom is 0.245 e. The summed E-state index contributed by atoms with van der Waals surface area (Å²) in [6.07, 6.45) is 2.12. The van der Waals surface area contributed by atoms with Gasteiger partial charge in [0, 0.05) is 44.2 Å². The number of hydrogen-bond donors (Lipinski definition) is 0.